The summed E-state index contributed by atoms with van der Waals surface area (Å²) < 4.78 is 37.8. The molecular formula is C15H10F3NO2. The molecule has 0 spiro atoms. The van der Waals surface area contributed by atoms with E-state index in [1.165, 1.54) is 18.2 Å². The van der Waals surface area contributed by atoms with Crippen LogP contribution in [-0.4, -0.2) is 12.2 Å². The molecule has 0 heterocycles. The fourth-order valence-electron chi connectivity index (χ4n) is 1.73. The van der Waals surface area contributed by atoms with Crippen LogP contribution >= 0.6 is 0 Å². The van der Waals surface area contributed by atoms with Gasteiger partial charge >= 0.3 is 6.18 Å². The van der Waals surface area contributed by atoms with Crippen LogP contribution in [0.15, 0.2) is 48.5 Å². The maximum Gasteiger partial charge on any atom is 0.416 e. The summed E-state index contributed by atoms with van der Waals surface area (Å²) in [7, 11) is 0. The lowest BCUT2D eigenvalue weighted by Crippen LogP contribution is -2.14. The van der Waals surface area contributed by atoms with Crippen LogP contribution in [0.3, 0.4) is 0 Å². The van der Waals surface area contributed by atoms with Gasteiger partial charge in [-0.25, -0.2) is 0 Å². The first-order valence-electron chi connectivity index (χ1n) is 5.94. The highest BCUT2D eigenvalue weighted by atomic mass is 19.4. The van der Waals surface area contributed by atoms with Crippen LogP contribution in [0.2, 0.25) is 0 Å². The molecule has 0 saturated carbocycles. The molecule has 0 radical (unpaired) electrons. The molecular weight excluding hydrogens is 283 g/mol. The number of halogens is 3. The van der Waals surface area contributed by atoms with E-state index in [1.54, 1.807) is 18.2 Å². The monoisotopic (exact) mass is 293 g/mol. The highest BCUT2D eigenvalue weighted by molar-refractivity contribution is 6.04. The van der Waals surface area contributed by atoms with E-state index in [4.69, 9.17) is 0 Å². The van der Waals surface area contributed by atoms with Gasteiger partial charge in [0.1, 0.15) is 6.29 Å². The van der Waals surface area contributed by atoms with Gasteiger partial charge in [-0.15, -0.1) is 0 Å². The summed E-state index contributed by atoms with van der Waals surface area (Å²) in [4.78, 5) is 22.6. The summed E-state index contributed by atoms with van der Waals surface area (Å²) in [6.07, 6.45) is -3.90. The number of aldehydes is 1. The lowest BCUT2D eigenvalue weighted by molar-refractivity contribution is -0.137. The largest absolute Gasteiger partial charge is 0.416 e. The predicted molar refractivity (Wildman–Crippen MR) is 71.2 cm³/mol. The van der Waals surface area contributed by atoms with Gasteiger partial charge in [-0.3, -0.25) is 9.59 Å². The second-order valence-corrected chi connectivity index (χ2v) is 4.28. The Bertz CT molecular complexity index is 681. The summed E-state index contributed by atoms with van der Waals surface area (Å²) in [5.74, 6) is -0.677. The summed E-state index contributed by atoms with van der Waals surface area (Å²) in [5, 5.41) is 2.45. The zero-order valence-corrected chi connectivity index (χ0v) is 10.6. The van der Waals surface area contributed by atoms with Gasteiger partial charge in [0.25, 0.3) is 5.91 Å². The van der Waals surface area contributed by atoms with Gasteiger partial charge < -0.3 is 5.32 Å². The molecule has 0 saturated heterocycles. The molecule has 6 heteroatoms. The quantitative estimate of drug-likeness (QED) is 0.876. The Labute approximate surface area is 118 Å². The number of amides is 1. The summed E-state index contributed by atoms with van der Waals surface area (Å²) >= 11 is 0. The third-order valence-electron chi connectivity index (χ3n) is 2.73. The lowest BCUT2D eigenvalue weighted by Gasteiger charge is -2.09. The predicted octanol–water partition coefficient (Wildman–Crippen LogP) is 3.77. The molecule has 0 aromatic heterocycles. The molecule has 2 aromatic rings. The molecule has 0 unspecified atom stereocenters. The average molecular weight is 293 g/mol. The topological polar surface area (TPSA) is 46.2 Å². The molecule has 0 bridgehead atoms. The molecule has 0 aliphatic heterocycles. The van der Waals surface area contributed by atoms with E-state index in [-0.39, 0.29) is 5.56 Å². The van der Waals surface area contributed by atoms with Gasteiger partial charge in [-0.2, -0.15) is 13.2 Å². The van der Waals surface area contributed by atoms with Crippen molar-refractivity contribution in [3.63, 3.8) is 0 Å². The van der Waals surface area contributed by atoms with Crippen molar-refractivity contribution in [1.82, 2.24) is 0 Å². The summed E-state index contributed by atoms with van der Waals surface area (Å²) in [6, 6.07) is 10.2. The van der Waals surface area contributed by atoms with Crippen LogP contribution in [0.25, 0.3) is 0 Å². The highest BCUT2D eigenvalue weighted by Gasteiger charge is 2.30. The normalized spacial score (nSPS) is 11.0. The van der Waals surface area contributed by atoms with Crippen LogP contribution in [0.1, 0.15) is 26.3 Å². The van der Waals surface area contributed by atoms with Crippen LogP contribution in [0, 0.1) is 0 Å². The first-order chi connectivity index (χ1) is 9.90. The minimum Gasteiger partial charge on any atom is -0.322 e. The lowest BCUT2D eigenvalue weighted by atomic mass is 10.1. The van der Waals surface area contributed by atoms with E-state index in [0.717, 1.165) is 12.1 Å². The van der Waals surface area contributed by atoms with Crippen molar-refractivity contribution in [2.75, 3.05) is 5.32 Å². The molecule has 108 valence electrons. The Balaban J connectivity index is 2.22. The number of hydrogen-bond donors (Lipinski definition) is 1. The van der Waals surface area contributed by atoms with Crippen molar-refractivity contribution in [3.8, 4) is 0 Å². The second-order valence-electron chi connectivity index (χ2n) is 4.28. The van der Waals surface area contributed by atoms with Crippen molar-refractivity contribution in [2.24, 2.45) is 0 Å². The van der Waals surface area contributed by atoms with E-state index in [0.29, 0.717) is 17.5 Å². The number of anilines is 1. The SMILES string of the molecule is O=Cc1cccc(NC(=O)c2cccc(C(F)(F)F)c2)c1. The Morgan fingerprint density at radius 2 is 1.76 bits per heavy atom. The van der Waals surface area contributed by atoms with Crippen molar-refractivity contribution in [1.29, 1.82) is 0 Å². The third kappa shape index (κ3) is 3.68. The van der Waals surface area contributed by atoms with E-state index in [2.05, 4.69) is 5.32 Å². The number of nitrogens with one attached hydrogen (secondary N) is 1. The van der Waals surface area contributed by atoms with E-state index in [9.17, 15) is 22.8 Å². The minimum atomic E-state index is -4.51. The Morgan fingerprint density at radius 3 is 2.43 bits per heavy atom. The molecule has 2 rings (SSSR count). The fourth-order valence-corrected chi connectivity index (χ4v) is 1.73. The minimum absolute atomic E-state index is 0.110. The van der Waals surface area contributed by atoms with E-state index in [1.807, 2.05) is 0 Å². The zero-order valence-electron chi connectivity index (χ0n) is 10.6. The number of rotatable bonds is 3. The van der Waals surface area contributed by atoms with Gasteiger partial charge in [0, 0.05) is 16.8 Å². The molecule has 0 aliphatic carbocycles. The second kappa shape index (κ2) is 5.78. The number of alkyl halides is 3. The van der Waals surface area contributed by atoms with Crippen LogP contribution < -0.4 is 5.32 Å². The van der Waals surface area contributed by atoms with Gasteiger partial charge in [-0.1, -0.05) is 18.2 Å². The Morgan fingerprint density at radius 1 is 1.05 bits per heavy atom. The molecule has 2 aromatic carbocycles. The van der Waals surface area contributed by atoms with Crippen molar-refractivity contribution < 1.29 is 22.8 Å². The average Bonchev–Trinajstić information content (AvgIpc) is 2.46. The first kappa shape index (κ1) is 14.8. The molecule has 3 nitrogen and oxygen atoms in total. The van der Waals surface area contributed by atoms with Crippen LogP contribution in [0.5, 0.6) is 0 Å². The zero-order chi connectivity index (χ0) is 15.5. The van der Waals surface area contributed by atoms with E-state index >= 15 is 0 Å². The van der Waals surface area contributed by atoms with Crippen LogP contribution in [-0.2, 0) is 6.18 Å². The number of carbonyl (C=O) groups is 2. The van der Waals surface area contributed by atoms with Gasteiger partial charge in [0.05, 0.1) is 5.56 Å². The van der Waals surface area contributed by atoms with Gasteiger partial charge in [-0.05, 0) is 30.3 Å². The van der Waals surface area contributed by atoms with Crippen molar-refractivity contribution in [2.45, 2.75) is 6.18 Å². The standard InChI is InChI=1S/C15H10F3NO2/c16-15(17,18)12-5-2-4-11(8-12)14(21)19-13-6-1-3-10(7-13)9-20/h1-9H,(H,19,21). The van der Waals surface area contributed by atoms with Crippen molar-refractivity contribution in [3.05, 3.63) is 65.2 Å². The molecule has 1 N–H and O–H groups in total. The van der Waals surface area contributed by atoms with Crippen LogP contribution in [0.4, 0.5) is 18.9 Å². The molecule has 1 amide bonds. The number of carbonyl (C=O) groups excluding carboxylic acids is 2. The third-order valence-corrected chi connectivity index (χ3v) is 2.73. The summed E-state index contributed by atoms with van der Waals surface area (Å²) in [5.41, 5.74) is -0.308. The number of benzene rings is 2. The fraction of sp³-hybridized carbons (Fsp3) is 0.0667. The van der Waals surface area contributed by atoms with Gasteiger partial charge in [0.15, 0.2) is 0 Å². The molecule has 0 atom stereocenters. The smallest absolute Gasteiger partial charge is 0.322 e. The Kier molecular flexibility index (Phi) is 4.07. The van der Waals surface area contributed by atoms with E-state index < -0.39 is 17.6 Å². The number of hydrogen-bond acceptors (Lipinski definition) is 2. The van der Waals surface area contributed by atoms with Crippen molar-refractivity contribution >= 4 is 17.9 Å². The molecule has 0 aliphatic rings. The highest BCUT2D eigenvalue weighted by Crippen LogP contribution is 2.29. The first-order valence-corrected chi connectivity index (χ1v) is 5.94. The Hall–Kier alpha value is -2.63. The molecule has 0 fully saturated rings. The molecule has 21 heavy (non-hydrogen) atoms. The van der Waals surface area contributed by atoms with Gasteiger partial charge in [0.2, 0.25) is 0 Å². The summed E-state index contributed by atoms with van der Waals surface area (Å²) in [6.45, 7) is 0. The maximum absolute atomic E-state index is 12.6. The maximum atomic E-state index is 12.6.